The van der Waals surface area contributed by atoms with Crippen molar-refractivity contribution in [1.29, 1.82) is 0 Å². The second kappa shape index (κ2) is 7.66. The number of H-pyrrole nitrogens is 1. The first-order chi connectivity index (χ1) is 13.5. The highest BCUT2D eigenvalue weighted by molar-refractivity contribution is 5.77. The number of aromatic nitrogens is 2. The maximum atomic E-state index is 12.6. The number of rotatable bonds is 7. The summed E-state index contributed by atoms with van der Waals surface area (Å²) < 4.78 is 1.68. The number of para-hydroxylation sites is 2. The summed E-state index contributed by atoms with van der Waals surface area (Å²) in [7, 11) is 0. The molecule has 5 heteroatoms. The molecule has 1 saturated carbocycles. The van der Waals surface area contributed by atoms with E-state index in [9.17, 15) is 9.59 Å². The number of aromatic amines is 1. The Morgan fingerprint density at radius 1 is 1.18 bits per heavy atom. The first-order valence-corrected chi connectivity index (χ1v) is 10.0. The second-order valence-corrected chi connectivity index (χ2v) is 7.94. The molecule has 1 amide bonds. The van der Waals surface area contributed by atoms with Crippen molar-refractivity contribution in [1.82, 2.24) is 14.9 Å². The van der Waals surface area contributed by atoms with Crippen LogP contribution in [0.15, 0.2) is 47.3 Å². The summed E-state index contributed by atoms with van der Waals surface area (Å²) >= 11 is 0. The molecule has 0 saturated heterocycles. The normalized spacial score (nSPS) is 14.9. The van der Waals surface area contributed by atoms with Crippen LogP contribution in [-0.4, -0.2) is 22.0 Å². The number of hydrogen-bond acceptors (Lipinski definition) is 2. The van der Waals surface area contributed by atoms with Gasteiger partial charge in [0.1, 0.15) is 0 Å². The molecular weight excluding hydrogens is 350 g/mol. The fraction of sp³-hybridized carbons (Fsp3) is 0.391. The van der Waals surface area contributed by atoms with Crippen LogP contribution in [-0.2, 0) is 11.3 Å². The molecule has 0 bridgehead atoms. The second-order valence-electron chi connectivity index (χ2n) is 7.94. The summed E-state index contributed by atoms with van der Waals surface area (Å²) in [6, 6.07) is 14.2. The Morgan fingerprint density at radius 3 is 2.71 bits per heavy atom. The van der Waals surface area contributed by atoms with Gasteiger partial charge in [0.2, 0.25) is 5.91 Å². The summed E-state index contributed by atoms with van der Waals surface area (Å²) in [5, 5.41) is 3.01. The molecule has 1 unspecified atom stereocenters. The maximum Gasteiger partial charge on any atom is 0.326 e. The number of carbonyl (C=O) groups excluding carboxylic acids is 1. The number of fused-ring (bicyclic) bond motifs is 1. The average molecular weight is 377 g/mol. The lowest BCUT2D eigenvalue weighted by molar-refractivity contribution is -0.121. The van der Waals surface area contributed by atoms with Gasteiger partial charge in [-0.15, -0.1) is 0 Å². The Kier molecular flexibility index (Phi) is 5.07. The average Bonchev–Trinajstić information content (AvgIpc) is 3.46. The number of nitrogens with one attached hydrogen (secondary N) is 2. The van der Waals surface area contributed by atoms with E-state index < -0.39 is 0 Å². The minimum Gasteiger partial charge on any atom is -0.354 e. The van der Waals surface area contributed by atoms with Crippen LogP contribution in [0.25, 0.3) is 11.0 Å². The third kappa shape index (κ3) is 3.88. The van der Waals surface area contributed by atoms with E-state index in [2.05, 4.69) is 42.3 Å². The van der Waals surface area contributed by atoms with Crippen LogP contribution in [0, 0.1) is 19.8 Å². The molecule has 146 valence electrons. The minimum absolute atomic E-state index is 0.0584. The van der Waals surface area contributed by atoms with Gasteiger partial charge in [-0.1, -0.05) is 30.3 Å². The van der Waals surface area contributed by atoms with Gasteiger partial charge < -0.3 is 10.3 Å². The number of carbonyl (C=O) groups is 1. The largest absolute Gasteiger partial charge is 0.354 e. The van der Waals surface area contributed by atoms with Crippen molar-refractivity contribution >= 4 is 16.9 Å². The predicted octanol–water partition coefficient (Wildman–Crippen LogP) is 3.65. The Hall–Kier alpha value is -2.82. The topological polar surface area (TPSA) is 66.9 Å². The number of benzene rings is 2. The van der Waals surface area contributed by atoms with Crippen molar-refractivity contribution < 1.29 is 4.79 Å². The first-order valence-electron chi connectivity index (χ1n) is 10.0. The van der Waals surface area contributed by atoms with Crippen LogP contribution >= 0.6 is 0 Å². The summed E-state index contributed by atoms with van der Waals surface area (Å²) in [5.74, 6) is 0.960. The van der Waals surface area contributed by atoms with Gasteiger partial charge in [0.25, 0.3) is 0 Å². The monoisotopic (exact) mass is 377 g/mol. The standard InChI is InChI=1S/C23H27N3O2/c1-15-7-8-18(13-16(15)2)19(17-9-10-17)14-22(27)24-11-12-26-21-6-4-3-5-20(21)25-23(26)28/h3-8,13,17,19H,9-12,14H2,1-2H3,(H,24,27)(H,25,28). The highest BCUT2D eigenvalue weighted by Gasteiger charge is 2.33. The van der Waals surface area contributed by atoms with Gasteiger partial charge in [-0.2, -0.15) is 0 Å². The van der Waals surface area contributed by atoms with Crippen molar-refractivity contribution in [2.45, 2.75) is 45.6 Å². The molecule has 2 aromatic carbocycles. The molecule has 0 aliphatic heterocycles. The number of amides is 1. The number of imidazole rings is 1. The van der Waals surface area contributed by atoms with Crippen molar-refractivity contribution in [2.24, 2.45) is 5.92 Å². The summed E-state index contributed by atoms with van der Waals surface area (Å²) in [5.41, 5.74) is 5.39. The van der Waals surface area contributed by atoms with E-state index >= 15 is 0 Å². The van der Waals surface area contributed by atoms with Crippen molar-refractivity contribution in [3.05, 3.63) is 69.6 Å². The molecule has 1 atom stereocenters. The van der Waals surface area contributed by atoms with E-state index in [1.807, 2.05) is 24.3 Å². The van der Waals surface area contributed by atoms with Crippen LogP contribution in [0.3, 0.4) is 0 Å². The predicted molar refractivity (Wildman–Crippen MR) is 112 cm³/mol. The summed E-state index contributed by atoms with van der Waals surface area (Å²) in [6.07, 6.45) is 2.92. The first kappa shape index (κ1) is 18.5. The van der Waals surface area contributed by atoms with Crippen LogP contribution < -0.4 is 11.0 Å². The van der Waals surface area contributed by atoms with Crippen LogP contribution in [0.5, 0.6) is 0 Å². The van der Waals surface area contributed by atoms with Gasteiger partial charge in [-0.05, 0) is 67.3 Å². The molecule has 1 fully saturated rings. The Morgan fingerprint density at radius 2 is 1.96 bits per heavy atom. The highest BCUT2D eigenvalue weighted by atomic mass is 16.2. The van der Waals surface area contributed by atoms with Gasteiger partial charge in [0.05, 0.1) is 11.0 Å². The lowest BCUT2D eigenvalue weighted by Gasteiger charge is -2.18. The Bertz CT molecular complexity index is 1060. The quantitative estimate of drug-likeness (QED) is 0.660. The molecule has 1 aliphatic carbocycles. The zero-order chi connectivity index (χ0) is 19.7. The number of aryl methyl sites for hydroxylation is 2. The van der Waals surface area contributed by atoms with Crippen molar-refractivity contribution in [3.8, 4) is 0 Å². The van der Waals surface area contributed by atoms with E-state index in [-0.39, 0.29) is 17.5 Å². The van der Waals surface area contributed by atoms with Gasteiger partial charge in [-0.3, -0.25) is 9.36 Å². The van der Waals surface area contributed by atoms with Crippen molar-refractivity contribution in [3.63, 3.8) is 0 Å². The Labute approximate surface area is 164 Å². The SMILES string of the molecule is Cc1ccc(C(CC(=O)NCCn2c(=O)[nH]c3ccccc32)C2CC2)cc1C. The molecule has 1 heterocycles. The Balaban J connectivity index is 1.38. The summed E-state index contributed by atoms with van der Waals surface area (Å²) in [6.45, 7) is 5.16. The van der Waals surface area contributed by atoms with Gasteiger partial charge in [0.15, 0.2) is 0 Å². The van der Waals surface area contributed by atoms with E-state index in [4.69, 9.17) is 0 Å². The maximum absolute atomic E-state index is 12.6. The van der Waals surface area contributed by atoms with Crippen LogP contribution in [0.1, 0.15) is 41.9 Å². The summed E-state index contributed by atoms with van der Waals surface area (Å²) in [4.78, 5) is 27.6. The molecule has 1 aromatic heterocycles. The molecular formula is C23H27N3O2. The van der Waals surface area contributed by atoms with E-state index in [1.54, 1.807) is 4.57 Å². The lowest BCUT2D eigenvalue weighted by Crippen LogP contribution is -2.31. The molecule has 2 N–H and O–H groups in total. The van der Waals surface area contributed by atoms with Gasteiger partial charge in [0, 0.05) is 19.5 Å². The van der Waals surface area contributed by atoms with Crippen molar-refractivity contribution in [2.75, 3.05) is 6.54 Å². The van der Waals surface area contributed by atoms with E-state index in [1.165, 1.54) is 29.5 Å². The smallest absolute Gasteiger partial charge is 0.326 e. The number of hydrogen-bond donors (Lipinski definition) is 2. The molecule has 4 rings (SSSR count). The molecule has 5 nitrogen and oxygen atoms in total. The molecule has 1 aliphatic rings. The fourth-order valence-electron chi connectivity index (χ4n) is 3.96. The van der Waals surface area contributed by atoms with Crippen LogP contribution in [0.2, 0.25) is 0 Å². The number of nitrogens with zero attached hydrogens (tertiary/aromatic N) is 1. The fourth-order valence-corrected chi connectivity index (χ4v) is 3.96. The lowest BCUT2D eigenvalue weighted by atomic mass is 9.89. The molecule has 3 aromatic rings. The third-order valence-corrected chi connectivity index (χ3v) is 5.89. The third-order valence-electron chi connectivity index (χ3n) is 5.89. The zero-order valence-corrected chi connectivity index (χ0v) is 16.5. The van der Waals surface area contributed by atoms with E-state index in [0.29, 0.717) is 25.4 Å². The molecule has 0 radical (unpaired) electrons. The highest BCUT2D eigenvalue weighted by Crippen LogP contribution is 2.44. The zero-order valence-electron chi connectivity index (χ0n) is 16.5. The van der Waals surface area contributed by atoms with E-state index in [0.717, 1.165) is 11.0 Å². The van der Waals surface area contributed by atoms with Gasteiger partial charge >= 0.3 is 5.69 Å². The van der Waals surface area contributed by atoms with Crippen LogP contribution in [0.4, 0.5) is 0 Å². The van der Waals surface area contributed by atoms with Gasteiger partial charge in [-0.25, -0.2) is 4.79 Å². The molecule has 28 heavy (non-hydrogen) atoms. The molecule has 0 spiro atoms. The minimum atomic E-state index is -0.138.